The minimum atomic E-state index is -0.363. The molecule has 0 radical (unpaired) electrons. The van der Waals surface area contributed by atoms with E-state index in [0.29, 0.717) is 28.8 Å². The summed E-state index contributed by atoms with van der Waals surface area (Å²) in [5.74, 6) is 0.114. The molecule has 0 saturated carbocycles. The smallest absolute Gasteiger partial charge is 0.342 e. The highest BCUT2D eigenvalue weighted by molar-refractivity contribution is 6.30. The van der Waals surface area contributed by atoms with Crippen molar-refractivity contribution in [3.8, 4) is 16.9 Å². The van der Waals surface area contributed by atoms with Gasteiger partial charge >= 0.3 is 5.97 Å². The molecule has 3 rings (SSSR count). The highest BCUT2D eigenvalue weighted by atomic mass is 35.5. The Kier molecular flexibility index (Phi) is 5.74. The number of halogens is 1. The maximum atomic E-state index is 12.6. The van der Waals surface area contributed by atoms with E-state index in [-0.39, 0.29) is 5.97 Å². The van der Waals surface area contributed by atoms with Crippen LogP contribution in [0.4, 0.5) is 0 Å². The molecule has 0 aliphatic heterocycles. The van der Waals surface area contributed by atoms with E-state index in [1.165, 1.54) is 0 Å². The van der Waals surface area contributed by atoms with Crippen LogP contribution in [0.15, 0.2) is 60.8 Å². The molecule has 0 bridgehead atoms. The van der Waals surface area contributed by atoms with Crippen molar-refractivity contribution in [2.75, 3.05) is 6.61 Å². The molecule has 0 aliphatic rings. The fraction of sp³-hybridized carbons (Fsp3) is 0.238. The number of benzene rings is 2. The van der Waals surface area contributed by atoms with E-state index in [1.54, 1.807) is 23.0 Å². The van der Waals surface area contributed by atoms with E-state index in [4.69, 9.17) is 16.3 Å². The molecule has 0 spiro atoms. The summed E-state index contributed by atoms with van der Waals surface area (Å²) in [5, 5.41) is 5.25. The summed E-state index contributed by atoms with van der Waals surface area (Å²) < 4.78 is 7.15. The molecule has 1 heterocycles. The van der Waals surface area contributed by atoms with Gasteiger partial charge < -0.3 is 4.74 Å². The van der Waals surface area contributed by atoms with Gasteiger partial charge in [0.1, 0.15) is 11.3 Å². The van der Waals surface area contributed by atoms with Gasteiger partial charge in [-0.15, -0.1) is 0 Å². The van der Waals surface area contributed by atoms with Crippen molar-refractivity contribution in [3.05, 3.63) is 71.4 Å². The number of carbonyl (C=O) groups excluding carboxylic acids is 1. The summed E-state index contributed by atoms with van der Waals surface area (Å²) in [7, 11) is 0. The van der Waals surface area contributed by atoms with Gasteiger partial charge in [-0.1, -0.05) is 55.8 Å². The second-order valence-corrected chi connectivity index (χ2v) is 6.93. The number of carbonyl (C=O) groups is 1. The van der Waals surface area contributed by atoms with Gasteiger partial charge in [0.05, 0.1) is 12.3 Å². The first-order chi connectivity index (χ1) is 12.5. The third-order valence-corrected chi connectivity index (χ3v) is 4.25. The van der Waals surface area contributed by atoms with Gasteiger partial charge in [-0.05, 0) is 36.6 Å². The predicted octanol–water partition coefficient (Wildman–Crippen LogP) is 5.40. The molecule has 0 atom stereocenters. The Morgan fingerprint density at radius 1 is 1.12 bits per heavy atom. The van der Waals surface area contributed by atoms with Crippen molar-refractivity contribution in [1.29, 1.82) is 0 Å². The van der Waals surface area contributed by atoms with Crippen LogP contribution in [-0.4, -0.2) is 22.4 Å². The zero-order valence-corrected chi connectivity index (χ0v) is 15.6. The van der Waals surface area contributed by atoms with Crippen LogP contribution in [0.5, 0.6) is 0 Å². The van der Waals surface area contributed by atoms with Crippen LogP contribution in [-0.2, 0) is 4.74 Å². The largest absolute Gasteiger partial charge is 0.462 e. The molecule has 134 valence electrons. The molecule has 0 saturated heterocycles. The van der Waals surface area contributed by atoms with Crippen LogP contribution in [0.1, 0.15) is 30.6 Å². The lowest BCUT2D eigenvalue weighted by molar-refractivity contribution is 0.0489. The monoisotopic (exact) mass is 368 g/mol. The Morgan fingerprint density at radius 2 is 1.81 bits per heavy atom. The Labute approximate surface area is 158 Å². The van der Waals surface area contributed by atoms with Gasteiger partial charge in [0.25, 0.3) is 0 Å². The van der Waals surface area contributed by atoms with E-state index < -0.39 is 0 Å². The zero-order valence-electron chi connectivity index (χ0n) is 14.9. The first kappa shape index (κ1) is 18.2. The van der Waals surface area contributed by atoms with Crippen molar-refractivity contribution in [3.63, 3.8) is 0 Å². The molecule has 2 aromatic carbocycles. The molecule has 0 fully saturated rings. The molecule has 3 aromatic rings. The van der Waals surface area contributed by atoms with Gasteiger partial charge in [0, 0.05) is 16.8 Å². The number of esters is 1. The van der Waals surface area contributed by atoms with Gasteiger partial charge in [-0.3, -0.25) is 0 Å². The second-order valence-electron chi connectivity index (χ2n) is 6.50. The number of ether oxygens (including phenoxy) is 1. The standard InChI is InChI=1S/C21H21ClN2O2/c1-15(2)12-13-26-21(25)19-14-24(18-6-4-3-5-7-18)23-20(19)16-8-10-17(22)11-9-16/h3-11,14-15H,12-13H2,1-2H3. The topological polar surface area (TPSA) is 44.1 Å². The van der Waals surface area contributed by atoms with Crippen molar-refractivity contribution in [2.24, 2.45) is 5.92 Å². The van der Waals surface area contributed by atoms with Gasteiger partial charge in [-0.2, -0.15) is 5.10 Å². The van der Waals surface area contributed by atoms with E-state index in [9.17, 15) is 4.79 Å². The summed E-state index contributed by atoms with van der Waals surface area (Å²) in [6, 6.07) is 16.9. The van der Waals surface area contributed by atoms with Crippen LogP contribution in [0.2, 0.25) is 5.02 Å². The van der Waals surface area contributed by atoms with E-state index in [1.807, 2.05) is 42.5 Å². The molecule has 0 unspecified atom stereocenters. The van der Waals surface area contributed by atoms with Crippen LogP contribution in [0.3, 0.4) is 0 Å². The van der Waals surface area contributed by atoms with E-state index >= 15 is 0 Å². The van der Waals surface area contributed by atoms with Crippen molar-refractivity contribution < 1.29 is 9.53 Å². The molecule has 26 heavy (non-hydrogen) atoms. The Morgan fingerprint density at radius 3 is 2.46 bits per heavy atom. The zero-order chi connectivity index (χ0) is 18.5. The molecular weight excluding hydrogens is 348 g/mol. The third-order valence-electron chi connectivity index (χ3n) is 4.00. The second kappa shape index (κ2) is 8.19. The maximum Gasteiger partial charge on any atom is 0.342 e. The van der Waals surface area contributed by atoms with Crippen molar-refractivity contribution in [1.82, 2.24) is 9.78 Å². The molecule has 0 N–H and O–H groups in total. The average Bonchev–Trinajstić information content (AvgIpc) is 3.08. The highest BCUT2D eigenvalue weighted by Gasteiger charge is 2.20. The fourth-order valence-electron chi connectivity index (χ4n) is 2.52. The molecule has 0 amide bonds. The van der Waals surface area contributed by atoms with Gasteiger partial charge in [-0.25, -0.2) is 9.48 Å². The van der Waals surface area contributed by atoms with E-state index in [2.05, 4.69) is 18.9 Å². The lowest BCUT2D eigenvalue weighted by Gasteiger charge is -2.06. The lowest BCUT2D eigenvalue weighted by Crippen LogP contribution is -2.08. The van der Waals surface area contributed by atoms with Gasteiger partial charge in [0.2, 0.25) is 0 Å². The summed E-state index contributed by atoms with van der Waals surface area (Å²) in [6.45, 7) is 4.59. The van der Waals surface area contributed by atoms with Crippen LogP contribution in [0, 0.1) is 5.92 Å². The quantitative estimate of drug-likeness (QED) is 0.547. The number of nitrogens with zero attached hydrogens (tertiary/aromatic N) is 2. The summed E-state index contributed by atoms with van der Waals surface area (Å²) in [4.78, 5) is 12.6. The number of hydrogen-bond donors (Lipinski definition) is 0. The van der Waals surface area contributed by atoms with E-state index in [0.717, 1.165) is 17.7 Å². The first-order valence-electron chi connectivity index (χ1n) is 8.62. The first-order valence-corrected chi connectivity index (χ1v) is 9.00. The molecule has 0 aliphatic carbocycles. The lowest BCUT2D eigenvalue weighted by atomic mass is 10.1. The summed E-state index contributed by atoms with van der Waals surface area (Å²) in [6.07, 6.45) is 2.55. The summed E-state index contributed by atoms with van der Waals surface area (Å²) in [5.41, 5.74) is 2.73. The average molecular weight is 369 g/mol. The SMILES string of the molecule is CC(C)CCOC(=O)c1cn(-c2ccccc2)nc1-c1ccc(Cl)cc1. The third kappa shape index (κ3) is 4.33. The number of rotatable bonds is 6. The van der Waals surface area contributed by atoms with Crippen LogP contribution >= 0.6 is 11.6 Å². The molecule has 4 nitrogen and oxygen atoms in total. The van der Waals surface area contributed by atoms with Crippen molar-refractivity contribution in [2.45, 2.75) is 20.3 Å². The molecular formula is C21H21ClN2O2. The molecule has 1 aromatic heterocycles. The number of hydrogen-bond acceptors (Lipinski definition) is 3. The minimum absolute atomic E-state index is 0.363. The minimum Gasteiger partial charge on any atom is -0.462 e. The Hall–Kier alpha value is -2.59. The predicted molar refractivity (Wildman–Crippen MR) is 104 cm³/mol. The van der Waals surface area contributed by atoms with Gasteiger partial charge in [0.15, 0.2) is 0 Å². The maximum absolute atomic E-state index is 12.6. The molecule has 5 heteroatoms. The van der Waals surface area contributed by atoms with Crippen LogP contribution < -0.4 is 0 Å². The normalized spacial score (nSPS) is 10.9. The number of aromatic nitrogens is 2. The summed E-state index contributed by atoms with van der Waals surface area (Å²) >= 11 is 5.98. The van der Waals surface area contributed by atoms with Crippen LogP contribution in [0.25, 0.3) is 16.9 Å². The van der Waals surface area contributed by atoms with Crippen molar-refractivity contribution >= 4 is 17.6 Å². The fourth-order valence-corrected chi connectivity index (χ4v) is 2.65. The highest BCUT2D eigenvalue weighted by Crippen LogP contribution is 2.26. The Bertz CT molecular complexity index is 871. The number of para-hydroxylation sites is 1. The Balaban J connectivity index is 1.96.